The molecule has 2 amide bonds. The van der Waals surface area contributed by atoms with Crippen LogP contribution in [0.4, 0.5) is 11.4 Å². The summed E-state index contributed by atoms with van der Waals surface area (Å²) in [4.78, 5) is 40.5. The lowest BCUT2D eigenvalue weighted by Gasteiger charge is -2.53. The number of carbonyl (C=O) groups is 2. The Hall–Kier alpha value is -5.38. The van der Waals surface area contributed by atoms with Gasteiger partial charge in [-0.15, -0.1) is 0 Å². The van der Waals surface area contributed by atoms with E-state index in [9.17, 15) is 26.4 Å². The first-order valence-electron chi connectivity index (χ1n) is 43.3. The van der Waals surface area contributed by atoms with Crippen molar-refractivity contribution in [3.8, 4) is 11.5 Å². The molecule has 8 heterocycles. The van der Waals surface area contributed by atoms with Gasteiger partial charge in [0.05, 0.1) is 35.1 Å². The van der Waals surface area contributed by atoms with Crippen LogP contribution in [0, 0.1) is 35.5 Å². The highest BCUT2D eigenvalue weighted by Crippen LogP contribution is 2.53. The Balaban J connectivity index is 0.000000171. The predicted molar refractivity (Wildman–Crippen MR) is 455 cm³/mol. The molecule has 12 aliphatic rings. The number of carbonyl (C=O) groups excluding carboxylic acids is 2. The molecular formula is C90H128Cl2N8O13S2. The van der Waals surface area contributed by atoms with Gasteiger partial charge in [0.1, 0.15) is 17.1 Å². The quantitative estimate of drug-likeness (QED) is 0.0837. The summed E-state index contributed by atoms with van der Waals surface area (Å²) >= 11 is 13.0. The number of fused-ring (bicyclic) bond motifs is 10. The van der Waals surface area contributed by atoms with E-state index in [1.807, 2.05) is 63.3 Å². The molecule has 8 aliphatic heterocycles. The number of amides is 2. The van der Waals surface area contributed by atoms with Gasteiger partial charge in [-0.05, 0) is 261 Å². The van der Waals surface area contributed by atoms with E-state index in [-0.39, 0.29) is 72.0 Å². The second-order valence-corrected chi connectivity index (χ2v) is 40.0. The van der Waals surface area contributed by atoms with Crippen molar-refractivity contribution in [1.82, 2.24) is 29.5 Å². The van der Waals surface area contributed by atoms with Crippen LogP contribution in [0.5, 0.6) is 11.5 Å². The average Bonchev–Trinajstić information content (AvgIpc) is 1.73. The number of aryl methyl sites for hydroxylation is 2. The number of anilines is 2. The van der Waals surface area contributed by atoms with Gasteiger partial charge in [0, 0.05) is 170 Å². The average molecular weight is 1670 g/mol. The fourth-order valence-corrected chi connectivity index (χ4v) is 25.6. The van der Waals surface area contributed by atoms with Gasteiger partial charge < -0.3 is 48.3 Å². The molecule has 4 saturated heterocycles. The highest BCUT2D eigenvalue weighted by Gasteiger charge is 2.53. The summed E-state index contributed by atoms with van der Waals surface area (Å²) < 4.78 is 105. The molecule has 6 fully saturated rings. The van der Waals surface area contributed by atoms with Crippen molar-refractivity contribution in [2.24, 2.45) is 35.5 Å². The topological polar surface area (TPSA) is 219 Å². The molecule has 0 radical (unpaired) electrons. The van der Waals surface area contributed by atoms with Crippen LogP contribution in [0.25, 0.3) is 0 Å². The Morgan fingerprint density at radius 2 is 1.08 bits per heavy atom. The minimum absolute atomic E-state index is 0.0856. The zero-order valence-corrected chi connectivity index (χ0v) is 72.3. The number of methoxy groups -OCH3 is 3. The fourth-order valence-electron chi connectivity index (χ4n) is 21.9. The Bertz CT molecular complexity index is 4300. The van der Waals surface area contributed by atoms with Crippen molar-refractivity contribution >= 4 is 66.4 Å². The van der Waals surface area contributed by atoms with Gasteiger partial charge in [0.2, 0.25) is 20.0 Å². The first-order chi connectivity index (χ1) is 55.5. The van der Waals surface area contributed by atoms with Crippen LogP contribution in [-0.4, -0.2) is 223 Å². The third kappa shape index (κ3) is 19.0. The molecule has 0 unspecified atom stereocenters. The second kappa shape index (κ2) is 37.7. The highest BCUT2D eigenvalue weighted by molar-refractivity contribution is 7.91. The molecule has 632 valence electrons. The van der Waals surface area contributed by atoms with Gasteiger partial charge in [-0.3, -0.25) is 24.3 Å². The Morgan fingerprint density at radius 3 is 1.58 bits per heavy atom. The van der Waals surface area contributed by atoms with E-state index in [0.717, 1.165) is 137 Å². The lowest BCUT2D eigenvalue weighted by Crippen LogP contribution is -2.61. The van der Waals surface area contributed by atoms with E-state index < -0.39 is 53.7 Å². The molecule has 4 bridgehead atoms. The van der Waals surface area contributed by atoms with Crippen molar-refractivity contribution in [3.05, 3.63) is 141 Å². The van der Waals surface area contributed by atoms with Crippen molar-refractivity contribution in [1.29, 1.82) is 0 Å². The standard InChI is InChI=1S/C45H63ClN4O6S.C37H49ClN2O7S.C8H16N2/c1-4-56-45(30-48-22-23-49-21-6-5-11-37(49)28-48)20-7-9-32(2)42(18-24-54-3)57(52,53)47-43(51)34-13-17-41-40(26-34)50(27-35-12-15-39(35)45)29-44(31-55-41)19-8-10-33-25-36(46)14-16-38(33)44;1-5-47-37(45-4)18-6-8-25(2)34(16-19-44-3)48(42,43)39-35(41)27-11-15-33-32(21-27)40(22-28-10-13-31(28)37)23-36(24-46-33)17-7-9-26-20-29(38)12-14-30(26)36;1-2-5-10-6-4-9-7-8(10)3-1/h7,13-14,16-17,20,25-26,32,35,37,39,42H,4-6,8-12,15,18-19,21-24,27-31H2,1-3H3,(H,47,51);6,11-12,14-15,18,20-21,25,28,31,34H,5,7-10,13,16-17,19,22-24H2,1-4H3,(H,39,41);8-9H,1-7H2/b20-7+;18-6+;/t32-,35-,37+,39+,42+,44-,45-;25-,28-,31+,34+,36-,37+;8-/m001/s1. The lowest BCUT2D eigenvalue weighted by molar-refractivity contribution is -0.244. The number of nitrogens with one attached hydrogen (secondary N) is 3. The normalized spacial score (nSPS) is 33.3. The van der Waals surface area contributed by atoms with E-state index in [1.54, 1.807) is 39.5 Å². The van der Waals surface area contributed by atoms with Crippen LogP contribution in [-0.2, 0) is 67.4 Å². The summed E-state index contributed by atoms with van der Waals surface area (Å²) in [5.41, 5.74) is 6.19. The number of ether oxygens (including phenoxy) is 7. The molecule has 25 heteroatoms. The summed E-state index contributed by atoms with van der Waals surface area (Å²) in [6.45, 7) is 23.7. The number of sulfonamides is 2. The molecule has 115 heavy (non-hydrogen) atoms. The third-order valence-electron chi connectivity index (χ3n) is 28.2. The summed E-state index contributed by atoms with van der Waals surface area (Å²) in [5, 5.41) is 3.25. The second-order valence-electron chi connectivity index (χ2n) is 35.3. The van der Waals surface area contributed by atoms with Crippen LogP contribution in [0.1, 0.15) is 186 Å². The third-order valence-corrected chi connectivity index (χ3v) is 32.6. The van der Waals surface area contributed by atoms with Gasteiger partial charge in [0.25, 0.3) is 11.8 Å². The number of allylic oxidation sites excluding steroid dienone is 2. The molecule has 2 spiro atoms. The maximum absolute atomic E-state index is 14.1. The summed E-state index contributed by atoms with van der Waals surface area (Å²) in [6.07, 6.45) is 28.2. The van der Waals surface area contributed by atoms with Gasteiger partial charge in [-0.25, -0.2) is 26.3 Å². The fraction of sp³-hybridized carbons (Fsp3) is 0.667. The zero-order valence-electron chi connectivity index (χ0n) is 69.2. The SMILES string of the molecule is C1CCN2CCNC[C@H]2C1.CCO[C@]1(CN2CCN3CCCC[C@@H]3C2)/C=C/C[C@H](C)[C@@H](CCOC)S(=O)(=O)NC(=O)c2ccc3c(c2)N(C[C@@H]2CC[C@H]21)C[C@@]1(CCCc2cc(Cl)ccc21)CO3.CCO[C@]1(OC)/C=C/C[C@H](C)[C@@H](CCOC)S(=O)(=O)NC(=O)c2ccc3c(c2)N(C[C@@H]2CC[C@H]21)C[C@@]1(CCCc2cc(Cl)ccc21)CO3. The minimum atomic E-state index is -4.07. The minimum Gasteiger partial charge on any atom is -0.490 e. The largest absolute Gasteiger partial charge is 0.490 e. The van der Waals surface area contributed by atoms with E-state index in [2.05, 4.69) is 82.6 Å². The Labute approximate surface area is 695 Å². The van der Waals surface area contributed by atoms with Crippen molar-refractivity contribution < 1.29 is 59.6 Å². The molecule has 3 N–H and O–H groups in total. The number of halogens is 2. The van der Waals surface area contributed by atoms with Crippen molar-refractivity contribution in [2.45, 2.75) is 201 Å². The van der Waals surface area contributed by atoms with Gasteiger partial charge in [-0.1, -0.05) is 80.3 Å². The van der Waals surface area contributed by atoms with E-state index in [4.69, 9.17) is 56.4 Å². The molecule has 4 aromatic carbocycles. The Kier molecular flexibility index (Phi) is 28.2. The number of rotatable bonds is 13. The smallest absolute Gasteiger partial charge is 0.264 e. The molecule has 14 atom stereocenters. The van der Waals surface area contributed by atoms with Crippen LogP contribution < -0.4 is 34.0 Å². The van der Waals surface area contributed by atoms with Gasteiger partial charge in [0.15, 0.2) is 5.79 Å². The van der Waals surface area contributed by atoms with Gasteiger partial charge in [-0.2, -0.15) is 0 Å². The zero-order chi connectivity index (χ0) is 80.7. The molecule has 0 aromatic heterocycles. The number of benzene rings is 4. The van der Waals surface area contributed by atoms with Crippen LogP contribution in [0.15, 0.2) is 97.1 Å². The highest BCUT2D eigenvalue weighted by atomic mass is 35.5. The van der Waals surface area contributed by atoms with E-state index in [1.165, 1.54) is 93.5 Å². The number of nitrogens with zero attached hydrogens (tertiary/aromatic N) is 5. The van der Waals surface area contributed by atoms with Crippen molar-refractivity contribution in [2.75, 3.05) is 156 Å². The van der Waals surface area contributed by atoms with E-state index in [0.29, 0.717) is 75.6 Å². The number of piperidine rings is 2. The summed E-state index contributed by atoms with van der Waals surface area (Å²) in [7, 11) is -3.30. The molecule has 21 nitrogen and oxygen atoms in total. The predicted octanol–water partition coefficient (Wildman–Crippen LogP) is 13.6. The molecule has 16 rings (SSSR count). The summed E-state index contributed by atoms with van der Waals surface area (Å²) in [6, 6.07) is 24.7. The maximum Gasteiger partial charge on any atom is 0.264 e. The van der Waals surface area contributed by atoms with Crippen LogP contribution in [0.3, 0.4) is 0 Å². The maximum atomic E-state index is 14.1. The summed E-state index contributed by atoms with van der Waals surface area (Å²) in [5.74, 6) is -0.450. The number of piperazine rings is 2. The van der Waals surface area contributed by atoms with Crippen molar-refractivity contribution in [3.63, 3.8) is 0 Å². The van der Waals surface area contributed by atoms with Crippen LogP contribution in [0.2, 0.25) is 10.0 Å². The lowest BCUT2D eigenvalue weighted by atomic mass is 9.63. The Morgan fingerprint density at radius 1 is 0.557 bits per heavy atom. The van der Waals surface area contributed by atoms with E-state index >= 15 is 0 Å². The first-order valence-corrected chi connectivity index (χ1v) is 47.2. The number of hydrogen-bond acceptors (Lipinski definition) is 19. The first kappa shape index (κ1) is 86.0. The molecular weight excluding hydrogens is 1540 g/mol. The number of hydrogen-bond donors (Lipinski definition) is 3. The monoisotopic (exact) mass is 1660 g/mol. The molecule has 2 saturated carbocycles. The molecule has 4 aromatic rings. The van der Waals surface area contributed by atoms with Crippen LogP contribution >= 0.6 is 23.2 Å². The molecule has 4 aliphatic carbocycles. The van der Waals surface area contributed by atoms with Gasteiger partial charge >= 0.3 is 0 Å².